The fourth-order valence-corrected chi connectivity index (χ4v) is 9.23. The summed E-state index contributed by atoms with van der Waals surface area (Å²) >= 11 is 0. The molecular weight excluding hydrogens is 564 g/mol. The van der Waals surface area contributed by atoms with E-state index in [4.69, 9.17) is 0 Å². The second-order valence-corrected chi connectivity index (χ2v) is 13.3. The zero-order chi connectivity index (χ0) is 26.7. The molecule has 0 radical (unpaired) electrons. The molecule has 0 saturated carbocycles. The molecule has 0 heterocycles. The van der Waals surface area contributed by atoms with Gasteiger partial charge in [-0.25, -0.2) is 12.1 Å². The molecule has 206 valence electrons. The summed E-state index contributed by atoms with van der Waals surface area (Å²) in [6.45, 7) is 2.31. The summed E-state index contributed by atoms with van der Waals surface area (Å²) in [5.74, 6) is 0. The van der Waals surface area contributed by atoms with E-state index in [9.17, 15) is 0 Å². The van der Waals surface area contributed by atoms with E-state index in [0.717, 1.165) is 0 Å². The molecule has 1 atom stereocenters. The van der Waals surface area contributed by atoms with Crippen LogP contribution >= 0.6 is 16.0 Å². The van der Waals surface area contributed by atoms with Crippen LogP contribution in [0.4, 0.5) is 0 Å². The Labute approximate surface area is 252 Å². The molecule has 1 nitrogen and oxygen atoms in total. The first-order valence-electron chi connectivity index (χ1n) is 13.3. The van der Waals surface area contributed by atoms with Crippen molar-refractivity contribution < 1.29 is 17.1 Å². The largest absolute Gasteiger partial charge is 0.748 e. The van der Waals surface area contributed by atoms with Crippen LogP contribution in [0.3, 0.4) is 0 Å². The van der Waals surface area contributed by atoms with Gasteiger partial charge in [0.1, 0.15) is 0 Å². The minimum Gasteiger partial charge on any atom is -0.748 e. The molecule has 6 aromatic rings. The number of hydrogen-bond donors (Lipinski definition) is 1. The smallest absolute Gasteiger partial charge is 0.0249 e. The summed E-state index contributed by atoms with van der Waals surface area (Å²) < 4.78 is 0. The molecule has 40 heavy (non-hydrogen) atoms. The zero-order valence-electron chi connectivity index (χ0n) is 22.5. The van der Waals surface area contributed by atoms with Gasteiger partial charge in [0.05, 0.1) is 0 Å². The Morgan fingerprint density at radius 2 is 0.900 bits per heavy atom. The van der Waals surface area contributed by atoms with Gasteiger partial charge < -0.3 is 30.3 Å². The maximum atomic E-state index is 4.03. The van der Waals surface area contributed by atoms with Crippen molar-refractivity contribution >= 4 is 42.5 Å². The first kappa shape index (κ1) is 29.9. The predicted molar refractivity (Wildman–Crippen MR) is 173 cm³/mol. The summed E-state index contributed by atoms with van der Waals surface area (Å²) in [7, 11) is -1.31. The van der Waals surface area contributed by atoms with Crippen LogP contribution in [-0.2, 0) is 17.1 Å². The topological polar surface area (TPSA) is 12.0 Å². The summed E-state index contributed by atoms with van der Waals surface area (Å²) in [5.41, 5.74) is 1.39. The van der Waals surface area contributed by atoms with Crippen molar-refractivity contribution in [2.75, 3.05) is 0 Å². The molecule has 0 aliphatic heterocycles. The quantitative estimate of drug-likeness (QED) is 0.111. The maximum absolute atomic E-state index is 4.03. The second kappa shape index (κ2) is 15.6. The standard InChI is InChI=1S/C31H28NP2.C5H5.Fe/c1-25(32-34(28-19-10-4-11-20-28)29-21-12-5-13-22-29)30-23-14-24-31(30)33(26-15-6-2-7-16-26)27-17-8-3-9-18-27;1-2-4-5-3-1;/h2-25,32H,1H3;1-5H;/q-1;-5;/t25-;;/m0../s1. The number of benzene rings is 4. The fraction of sp³-hybridized carbons (Fsp3) is 0.0556. The van der Waals surface area contributed by atoms with Crippen molar-refractivity contribution in [3.8, 4) is 0 Å². The zero-order valence-corrected chi connectivity index (χ0v) is 25.4. The minimum atomic E-state index is -0.678. The number of hydrogen-bond acceptors (Lipinski definition) is 1. The Morgan fingerprint density at radius 1 is 0.525 bits per heavy atom. The molecule has 0 bridgehead atoms. The monoisotopic (exact) mass is 597 g/mol. The summed E-state index contributed by atoms with van der Waals surface area (Å²) in [6.07, 6.45) is 0. The van der Waals surface area contributed by atoms with Gasteiger partial charge in [-0.2, -0.15) is 6.07 Å². The Bertz CT molecular complexity index is 1390. The van der Waals surface area contributed by atoms with Crippen LogP contribution in [0, 0.1) is 0 Å². The average molecular weight is 597 g/mol. The first-order chi connectivity index (χ1) is 19.3. The van der Waals surface area contributed by atoms with Gasteiger partial charge in [0.15, 0.2) is 0 Å². The first-order valence-corrected chi connectivity index (χ1v) is 16.0. The van der Waals surface area contributed by atoms with E-state index in [1.807, 2.05) is 30.3 Å². The Morgan fingerprint density at radius 3 is 1.30 bits per heavy atom. The van der Waals surface area contributed by atoms with Gasteiger partial charge in [0, 0.05) is 25.1 Å². The second-order valence-electron chi connectivity index (χ2n) is 9.19. The molecule has 1 N–H and O–H groups in total. The summed E-state index contributed by atoms with van der Waals surface area (Å²) in [6, 6.07) is 60.7. The Kier molecular flexibility index (Phi) is 11.7. The molecule has 6 aromatic carbocycles. The molecular formula is C36H33FeNP2-6. The summed E-state index contributed by atoms with van der Waals surface area (Å²) in [5, 5.41) is 10.9. The van der Waals surface area contributed by atoms with E-state index in [0.29, 0.717) is 0 Å². The molecule has 6 rings (SSSR count). The van der Waals surface area contributed by atoms with Gasteiger partial charge in [0.25, 0.3) is 0 Å². The van der Waals surface area contributed by atoms with E-state index in [2.05, 4.69) is 152 Å². The third-order valence-electron chi connectivity index (χ3n) is 6.47. The molecule has 0 fully saturated rings. The van der Waals surface area contributed by atoms with Gasteiger partial charge in [-0.15, -0.1) is 10.9 Å². The third kappa shape index (κ3) is 7.77. The van der Waals surface area contributed by atoms with E-state index in [-0.39, 0.29) is 23.1 Å². The molecule has 0 aliphatic rings. The summed E-state index contributed by atoms with van der Waals surface area (Å²) in [4.78, 5) is 0. The van der Waals surface area contributed by atoms with E-state index >= 15 is 0 Å². The molecule has 0 spiro atoms. The molecule has 0 unspecified atom stereocenters. The van der Waals surface area contributed by atoms with Crippen molar-refractivity contribution in [2.24, 2.45) is 0 Å². The van der Waals surface area contributed by atoms with Gasteiger partial charge in [-0.1, -0.05) is 128 Å². The fourth-order valence-electron chi connectivity index (χ4n) is 4.61. The molecule has 0 aliphatic carbocycles. The minimum absolute atomic E-state index is 0. The van der Waals surface area contributed by atoms with Crippen LogP contribution in [0.2, 0.25) is 0 Å². The van der Waals surface area contributed by atoms with Crippen LogP contribution in [0.1, 0.15) is 18.5 Å². The number of rotatable bonds is 8. The van der Waals surface area contributed by atoms with Crippen LogP contribution < -0.4 is 31.6 Å². The van der Waals surface area contributed by atoms with Gasteiger partial charge >= 0.3 is 0 Å². The van der Waals surface area contributed by atoms with Crippen molar-refractivity contribution in [3.63, 3.8) is 0 Å². The number of nitrogens with one attached hydrogen (secondary N) is 1. The molecule has 0 amide bonds. The van der Waals surface area contributed by atoms with Gasteiger partial charge in [-0.3, -0.25) is 5.09 Å². The van der Waals surface area contributed by atoms with E-state index in [1.54, 1.807) is 0 Å². The Balaban J connectivity index is 0.000000557. The SMILES string of the molecule is C[C@H](NP(c1ccccc1)c1ccccc1)[c-]1cccc1P(c1ccccc1)c1ccccc1.[Fe].[cH-]1[cH-][cH-][cH-][cH-]1. The molecule has 0 saturated heterocycles. The van der Waals surface area contributed by atoms with E-state index < -0.39 is 16.0 Å². The predicted octanol–water partition coefficient (Wildman–Crippen LogP) is 7.27. The van der Waals surface area contributed by atoms with Gasteiger partial charge in [0.2, 0.25) is 0 Å². The maximum Gasteiger partial charge on any atom is 0.0249 e. The van der Waals surface area contributed by atoms with E-state index in [1.165, 1.54) is 32.1 Å². The van der Waals surface area contributed by atoms with Crippen molar-refractivity contribution in [1.29, 1.82) is 0 Å². The molecule has 4 heteroatoms. The Hall–Kier alpha value is -3.08. The normalized spacial score (nSPS) is 11.4. The van der Waals surface area contributed by atoms with Crippen molar-refractivity contribution in [2.45, 2.75) is 13.0 Å². The molecule has 0 aromatic heterocycles. The van der Waals surface area contributed by atoms with Crippen molar-refractivity contribution in [1.82, 2.24) is 5.09 Å². The van der Waals surface area contributed by atoms with Crippen LogP contribution in [0.25, 0.3) is 0 Å². The van der Waals surface area contributed by atoms with Crippen molar-refractivity contribution in [3.05, 3.63) is 175 Å². The van der Waals surface area contributed by atoms with Crippen LogP contribution in [0.5, 0.6) is 0 Å². The third-order valence-corrected chi connectivity index (χ3v) is 11.3. The van der Waals surface area contributed by atoms with Gasteiger partial charge in [-0.05, 0) is 35.2 Å². The van der Waals surface area contributed by atoms with Crippen LogP contribution in [-0.4, -0.2) is 0 Å². The van der Waals surface area contributed by atoms with Crippen LogP contribution in [0.15, 0.2) is 170 Å². The average Bonchev–Trinajstić information content (AvgIpc) is 3.75.